The summed E-state index contributed by atoms with van der Waals surface area (Å²) in [6.07, 6.45) is 7.50. The van der Waals surface area contributed by atoms with Crippen molar-refractivity contribution in [1.82, 2.24) is 41.7 Å². The first kappa shape index (κ1) is 45.0. The molecule has 0 aromatic heterocycles. The van der Waals surface area contributed by atoms with Crippen LogP contribution in [-0.4, -0.2) is 134 Å². The maximum absolute atomic E-state index is 13.6. The second kappa shape index (κ2) is 22.9. The van der Waals surface area contributed by atoms with E-state index in [1.54, 1.807) is 0 Å². The van der Waals surface area contributed by atoms with Gasteiger partial charge in [-0.1, -0.05) is 27.7 Å². The molecule has 0 aromatic carbocycles. The SMILES string of the molecule is CCN(CC)CCCNC(=O)C1CC(NC(=O)C2CCC(N=NC(C(C)=O)C(=O)NC3CCC4NC(=O)NC4C3)CC2)CC(C(=O)NCCCN(CC)CC)C1. The zero-order valence-electron chi connectivity index (χ0n) is 34.6. The number of nitrogens with zero attached hydrogens (tertiary/aromatic N) is 4. The van der Waals surface area contributed by atoms with Crippen molar-refractivity contribution >= 4 is 35.4 Å². The van der Waals surface area contributed by atoms with Crippen molar-refractivity contribution in [1.29, 1.82) is 0 Å². The maximum Gasteiger partial charge on any atom is 0.315 e. The number of rotatable bonds is 21. The van der Waals surface area contributed by atoms with Crippen LogP contribution in [0.1, 0.15) is 112 Å². The van der Waals surface area contributed by atoms with Crippen LogP contribution in [0.5, 0.6) is 0 Å². The number of carbonyl (C=O) groups is 6. The quantitative estimate of drug-likeness (QED) is 0.0577. The number of hydrogen-bond acceptors (Lipinski definition) is 10. The Hall–Kier alpha value is -3.66. The van der Waals surface area contributed by atoms with Gasteiger partial charge in [0, 0.05) is 42.9 Å². The Morgan fingerprint density at radius 2 is 1.21 bits per heavy atom. The van der Waals surface area contributed by atoms with Crippen LogP contribution in [-0.2, 0) is 24.0 Å². The minimum absolute atomic E-state index is 0.0541. The molecule has 0 radical (unpaired) electrons. The monoisotopic (exact) mass is 787 g/mol. The maximum atomic E-state index is 13.6. The Bertz CT molecular complexity index is 1310. The highest BCUT2D eigenvalue weighted by Gasteiger charge is 2.40. The van der Waals surface area contributed by atoms with Gasteiger partial charge in [-0.15, -0.1) is 0 Å². The lowest BCUT2D eigenvalue weighted by molar-refractivity contribution is -0.133. The van der Waals surface area contributed by atoms with Crippen LogP contribution >= 0.6 is 0 Å². The molecule has 6 atom stereocenters. The van der Waals surface area contributed by atoms with Crippen LogP contribution in [0.15, 0.2) is 10.2 Å². The van der Waals surface area contributed by atoms with Gasteiger partial charge in [0.1, 0.15) is 0 Å². The molecular weight excluding hydrogens is 717 g/mol. The summed E-state index contributed by atoms with van der Waals surface area (Å²) in [7, 11) is 0. The Balaban J connectivity index is 1.27. The lowest BCUT2D eigenvalue weighted by Crippen LogP contribution is -2.50. The van der Waals surface area contributed by atoms with E-state index in [1.165, 1.54) is 6.92 Å². The average Bonchev–Trinajstić information content (AvgIpc) is 3.57. The van der Waals surface area contributed by atoms with Gasteiger partial charge in [0.05, 0.1) is 18.1 Å². The summed E-state index contributed by atoms with van der Waals surface area (Å²) in [5.74, 6) is -2.05. The zero-order chi connectivity index (χ0) is 40.6. The summed E-state index contributed by atoms with van der Waals surface area (Å²) < 4.78 is 0. The van der Waals surface area contributed by atoms with Gasteiger partial charge < -0.3 is 41.7 Å². The number of urea groups is 1. The van der Waals surface area contributed by atoms with E-state index in [9.17, 15) is 28.8 Å². The Morgan fingerprint density at radius 3 is 1.75 bits per heavy atom. The van der Waals surface area contributed by atoms with Gasteiger partial charge in [-0.25, -0.2) is 4.79 Å². The van der Waals surface area contributed by atoms with Crippen molar-refractivity contribution in [3.63, 3.8) is 0 Å². The molecule has 1 heterocycles. The molecule has 4 aliphatic rings. The predicted molar refractivity (Wildman–Crippen MR) is 214 cm³/mol. The molecule has 56 heavy (non-hydrogen) atoms. The first-order valence-corrected chi connectivity index (χ1v) is 21.5. The number of nitrogens with one attached hydrogen (secondary N) is 6. The third-order valence-corrected chi connectivity index (χ3v) is 12.4. The fourth-order valence-electron chi connectivity index (χ4n) is 8.81. The van der Waals surface area contributed by atoms with Gasteiger partial charge in [-0.3, -0.25) is 24.0 Å². The normalized spacial score (nSPS) is 28.2. The highest BCUT2D eigenvalue weighted by molar-refractivity contribution is 6.04. The summed E-state index contributed by atoms with van der Waals surface area (Å²) >= 11 is 0. The van der Waals surface area contributed by atoms with E-state index in [0.29, 0.717) is 70.9 Å². The van der Waals surface area contributed by atoms with E-state index in [-0.39, 0.29) is 71.7 Å². The molecule has 3 saturated carbocycles. The van der Waals surface area contributed by atoms with Crippen LogP contribution in [0, 0.1) is 17.8 Å². The molecule has 1 aliphatic heterocycles. The highest BCUT2D eigenvalue weighted by atomic mass is 16.2. The number of azo groups is 1. The number of ketones is 1. The first-order chi connectivity index (χ1) is 26.9. The van der Waals surface area contributed by atoms with Crippen LogP contribution in [0.2, 0.25) is 0 Å². The molecule has 316 valence electrons. The van der Waals surface area contributed by atoms with Crippen LogP contribution < -0.4 is 31.9 Å². The number of Topliss-reactive ketones (excluding diaryl/α,β-unsaturated/α-hetero) is 1. The average molecular weight is 787 g/mol. The first-order valence-electron chi connectivity index (χ1n) is 21.5. The van der Waals surface area contributed by atoms with Crippen molar-refractivity contribution in [2.45, 2.75) is 148 Å². The summed E-state index contributed by atoms with van der Waals surface area (Å²) in [5.41, 5.74) is 0. The molecule has 0 spiro atoms. The highest BCUT2D eigenvalue weighted by Crippen LogP contribution is 2.32. The molecule has 1 saturated heterocycles. The summed E-state index contributed by atoms with van der Waals surface area (Å²) in [6.45, 7) is 16.7. The van der Waals surface area contributed by atoms with Crippen molar-refractivity contribution < 1.29 is 28.8 Å². The smallest absolute Gasteiger partial charge is 0.315 e. The van der Waals surface area contributed by atoms with Crippen LogP contribution in [0.25, 0.3) is 0 Å². The Kier molecular flexibility index (Phi) is 18.4. The molecule has 3 aliphatic carbocycles. The van der Waals surface area contributed by atoms with Crippen molar-refractivity contribution in [2.24, 2.45) is 28.0 Å². The molecule has 6 amide bonds. The topological polar surface area (TPSA) is 206 Å². The van der Waals surface area contributed by atoms with Gasteiger partial charge in [-0.05, 0) is 123 Å². The fraction of sp³-hybridized carbons (Fsp3) is 0.850. The summed E-state index contributed by atoms with van der Waals surface area (Å²) in [4.78, 5) is 82.3. The molecule has 6 unspecified atom stereocenters. The van der Waals surface area contributed by atoms with Crippen molar-refractivity contribution in [2.75, 3.05) is 52.4 Å². The van der Waals surface area contributed by atoms with E-state index in [0.717, 1.165) is 58.5 Å². The molecule has 4 fully saturated rings. The fourth-order valence-corrected chi connectivity index (χ4v) is 8.81. The minimum atomic E-state index is -1.24. The Morgan fingerprint density at radius 1 is 0.661 bits per heavy atom. The van der Waals surface area contributed by atoms with Gasteiger partial charge >= 0.3 is 6.03 Å². The third kappa shape index (κ3) is 13.8. The van der Waals surface area contributed by atoms with Gasteiger partial charge in [-0.2, -0.15) is 10.2 Å². The van der Waals surface area contributed by atoms with E-state index in [1.807, 2.05) is 0 Å². The molecule has 6 N–H and O–H groups in total. The van der Waals surface area contributed by atoms with Crippen molar-refractivity contribution in [3.05, 3.63) is 0 Å². The molecule has 16 heteroatoms. The molecular formula is C40H70N10O6. The lowest BCUT2D eigenvalue weighted by atomic mass is 9.77. The van der Waals surface area contributed by atoms with E-state index in [2.05, 4.69) is 79.6 Å². The standard InChI is InChI=1S/C40H70N10O6/c1-6-49(7-2)20-10-18-41-36(52)28-22-29(37(53)42-19-11-21-50(8-3)9-4)24-32(23-28)44-38(54)27-12-14-30(15-13-27)47-48-35(26(5)51)39(55)43-31-16-17-33-34(25-31)46-40(56)45-33/h27-35H,6-25H2,1-5H3,(H,41,52)(H,42,53)(H,43,55)(H,44,54)(H2,45,46,56). The summed E-state index contributed by atoms with van der Waals surface area (Å²) in [5, 5.41) is 26.7. The molecule has 0 bridgehead atoms. The minimum Gasteiger partial charge on any atom is -0.356 e. The van der Waals surface area contributed by atoms with E-state index < -0.39 is 17.7 Å². The van der Waals surface area contributed by atoms with Crippen LogP contribution in [0.3, 0.4) is 0 Å². The second-order valence-corrected chi connectivity index (χ2v) is 16.2. The third-order valence-electron chi connectivity index (χ3n) is 12.4. The number of carbonyl (C=O) groups excluding carboxylic acids is 6. The molecule has 0 aromatic rings. The summed E-state index contributed by atoms with van der Waals surface area (Å²) in [6, 6.07) is -2.10. The zero-order valence-corrected chi connectivity index (χ0v) is 34.6. The van der Waals surface area contributed by atoms with Crippen molar-refractivity contribution in [3.8, 4) is 0 Å². The van der Waals surface area contributed by atoms with Gasteiger partial charge in [0.25, 0.3) is 5.91 Å². The number of hydrogen-bond donors (Lipinski definition) is 6. The number of amides is 6. The predicted octanol–water partition coefficient (Wildman–Crippen LogP) is 2.27. The lowest BCUT2D eigenvalue weighted by Gasteiger charge is -2.35. The number of fused-ring (bicyclic) bond motifs is 1. The molecule has 4 rings (SSSR count). The van der Waals surface area contributed by atoms with Crippen LogP contribution in [0.4, 0.5) is 4.79 Å². The van der Waals surface area contributed by atoms with Gasteiger partial charge in [0.15, 0.2) is 5.78 Å². The van der Waals surface area contributed by atoms with Gasteiger partial charge in [0.2, 0.25) is 23.8 Å². The Labute approximate surface area is 333 Å². The largest absolute Gasteiger partial charge is 0.356 e. The second-order valence-electron chi connectivity index (χ2n) is 16.2. The van der Waals surface area contributed by atoms with E-state index >= 15 is 0 Å². The van der Waals surface area contributed by atoms with E-state index in [4.69, 9.17) is 0 Å². The molecule has 16 nitrogen and oxygen atoms in total.